The Morgan fingerprint density at radius 2 is 1.86 bits per heavy atom. The lowest BCUT2D eigenvalue weighted by Gasteiger charge is -2.16. The van der Waals surface area contributed by atoms with Crippen LogP contribution < -0.4 is 32.4 Å². The van der Waals surface area contributed by atoms with E-state index in [4.69, 9.17) is 15.8 Å². The van der Waals surface area contributed by atoms with Gasteiger partial charge in [0.1, 0.15) is 17.3 Å². The predicted octanol–water partition coefficient (Wildman–Crippen LogP) is 4.03. The number of unbranched alkanes of at least 4 members (excludes halogenated alkanes) is 1. The van der Waals surface area contributed by atoms with Gasteiger partial charge in [0.25, 0.3) is 0 Å². The molecule has 8 N–H and O–H groups in total. The lowest BCUT2D eigenvalue weighted by molar-refractivity contribution is -0.121. The zero-order valence-corrected chi connectivity index (χ0v) is 29.2. The molecule has 4 heterocycles. The first-order valence-electron chi connectivity index (χ1n) is 17.4. The van der Waals surface area contributed by atoms with Gasteiger partial charge in [0.2, 0.25) is 5.91 Å². The van der Waals surface area contributed by atoms with Gasteiger partial charge in [-0.05, 0) is 50.4 Å². The standard InChI is InChI=1S/C35H46N12O2S/c1-37-47-32(46-36)23-13-14-24-25(20-23)41-34-30(24)33(43-28(44-34)19-22-9-3-2-4-10-22)40-18-8-16-38-15-7-17-39-29(48)12-6-5-11-27-31-26(21-50-27)42-35(49)45-31/h2-4,9-10,13-14,20,26-27,31,38H,5-8,11-12,15-19,21,36H2,1H3,(H,39,48)(H2,42,45,49)(H2,40,41,43,44). The maximum absolute atomic E-state index is 12.3. The molecule has 15 heteroatoms. The molecule has 14 nitrogen and oxygen atoms in total. The maximum atomic E-state index is 12.3. The number of H-pyrrole nitrogens is 1. The van der Waals surface area contributed by atoms with Crippen LogP contribution in [0.25, 0.3) is 21.9 Å². The number of hydrazone groups is 1. The minimum absolute atomic E-state index is 0.0519. The number of amidine groups is 1. The van der Waals surface area contributed by atoms with Crippen LogP contribution in [0.15, 0.2) is 63.9 Å². The summed E-state index contributed by atoms with van der Waals surface area (Å²) >= 11 is 1.92. The number of nitrogens with two attached hydrogens (primary N) is 1. The highest BCUT2D eigenvalue weighted by molar-refractivity contribution is 8.00. The zero-order valence-electron chi connectivity index (χ0n) is 28.4. The van der Waals surface area contributed by atoms with Crippen LogP contribution in [0.5, 0.6) is 0 Å². The molecule has 2 aromatic carbocycles. The summed E-state index contributed by atoms with van der Waals surface area (Å²) in [4.78, 5) is 37.2. The number of hydrogen-bond acceptors (Lipinski definition) is 10. The number of nitrogens with zero attached hydrogens (tertiary/aromatic N) is 5. The third kappa shape index (κ3) is 8.87. The zero-order chi connectivity index (χ0) is 34.7. The van der Waals surface area contributed by atoms with Crippen molar-refractivity contribution in [2.75, 3.05) is 44.3 Å². The third-order valence-corrected chi connectivity index (χ3v) is 10.5. The number of thioether (sulfide) groups is 1. The molecule has 3 atom stereocenters. The van der Waals surface area contributed by atoms with Crippen molar-refractivity contribution in [2.45, 2.75) is 62.3 Å². The van der Waals surface area contributed by atoms with Gasteiger partial charge in [0.15, 0.2) is 5.84 Å². The van der Waals surface area contributed by atoms with Crippen molar-refractivity contribution in [3.8, 4) is 0 Å². The lowest BCUT2D eigenvalue weighted by Crippen LogP contribution is -2.36. The normalized spacial score (nSPS) is 18.9. The van der Waals surface area contributed by atoms with Gasteiger partial charge in [-0.1, -0.05) is 48.9 Å². The molecule has 0 aliphatic carbocycles. The van der Waals surface area contributed by atoms with Crippen molar-refractivity contribution in [3.63, 3.8) is 0 Å². The van der Waals surface area contributed by atoms with Crippen molar-refractivity contribution < 1.29 is 9.59 Å². The summed E-state index contributed by atoms with van der Waals surface area (Å²) in [6.45, 7) is 3.07. The molecule has 0 radical (unpaired) electrons. The highest BCUT2D eigenvalue weighted by Crippen LogP contribution is 2.33. The van der Waals surface area contributed by atoms with Gasteiger partial charge in [-0.3, -0.25) is 4.79 Å². The molecule has 3 unspecified atom stereocenters. The quantitative estimate of drug-likeness (QED) is 0.0163. The summed E-state index contributed by atoms with van der Waals surface area (Å²) in [7, 11) is 1.58. The Balaban J connectivity index is 0.939. The van der Waals surface area contributed by atoms with E-state index < -0.39 is 0 Å². The Kier molecular flexibility index (Phi) is 12.1. The fraction of sp³-hybridized carbons (Fsp3) is 0.457. The summed E-state index contributed by atoms with van der Waals surface area (Å²) in [5.74, 6) is 8.50. The molecular weight excluding hydrogens is 653 g/mol. The number of aromatic nitrogens is 3. The lowest BCUT2D eigenvalue weighted by atomic mass is 10.0. The minimum Gasteiger partial charge on any atom is -0.369 e. The minimum atomic E-state index is -0.0519. The Bertz CT molecular complexity index is 1830. The van der Waals surface area contributed by atoms with Crippen LogP contribution in [-0.4, -0.2) is 89.0 Å². The van der Waals surface area contributed by atoms with Crippen LogP contribution in [-0.2, 0) is 11.2 Å². The summed E-state index contributed by atoms with van der Waals surface area (Å²) in [5.41, 5.74) is 3.53. The van der Waals surface area contributed by atoms with Crippen molar-refractivity contribution in [1.82, 2.24) is 36.2 Å². The van der Waals surface area contributed by atoms with Crippen LogP contribution in [0, 0.1) is 0 Å². The van der Waals surface area contributed by atoms with E-state index in [0.29, 0.717) is 30.5 Å². The van der Waals surface area contributed by atoms with Crippen LogP contribution in [0.2, 0.25) is 0 Å². The van der Waals surface area contributed by atoms with Crippen molar-refractivity contribution in [1.29, 1.82) is 0 Å². The third-order valence-electron chi connectivity index (χ3n) is 9.03. The molecule has 0 bridgehead atoms. The SMILES string of the molecule is CN=NC(=NN)c1ccc2c(c1)[nH]c1nc(Cc3ccccc3)nc(NCCCNCCCNC(=O)CCCCC3SCC4NC(=O)NC43)c12. The Hall–Kier alpha value is -4.76. The van der Waals surface area contributed by atoms with E-state index in [0.717, 1.165) is 102 Å². The molecule has 2 aliphatic heterocycles. The molecule has 2 saturated heterocycles. The summed E-state index contributed by atoms with van der Waals surface area (Å²) in [6.07, 6.45) is 5.82. The first kappa shape index (κ1) is 35.1. The van der Waals surface area contributed by atoms with E-state index in [1.807, 2.05) is 48.2 Å². The number of amides is 3. The summed E-state index contributed by atoms with van der Waals surface area (Å²) in [5, 5.41) is 30.1. The van der Waals surface area contributed by atoms with Crippen LogP contribution in [0.1, 0.15) is 55.5 Å². The molecule has 264 valence electrons. The monoisotopic (exact) mass is 698 g/mol. The van der Waals surface area contributed by atoms with Crippen LogP contribution >= 0.6 is 11.8 Å². The Morgan fingerprint density at radius 1 is 1.02 bits per heavy atom. The largest absolute Gasteiger partial charge is 0.369 e. The van der Waals surface area contributed by atoms with E-state index in [1.54, 1.807) is 7.05 Å². The van der Waals surface area contributed by atoms with E-state index >= 15 is 0 Å². The Labute approximate surface area is 295 Å². The van der Waals surface area contributed by atoms with E-state index in [2.05, 4.69) is 59.0 Å². The number of carbonyl (C=O) groups is 2. The van der Waals surface area contributed by atoms with Gasteiger partial charge in [-0.15, -0.1) is 5.11 Å². The second-order valence-electron chi connectivity index (χ2n) is 12.6. The van der Waals surface area contributed by atoms with Crippen molar-refractivity contribution >= 4 is 57.3 Å². The number of anilines is 1. The van der Waals surface area contributed by atoms with Gasteiger partial charge in [0, 0.05) is 60.4 Å². The average molecular weight is 699 g/mol. The number of azo groups is 1. The van der Waals surface area contributed by atoms with Crippen LogP contribution in [0.4, 0.5) is 10.6 Å². The predicted molar refractivity (Wildman–Crippen MR) is 200 cm³/mol. The molecule has 2 aromatic heterocycles. The molecule has 4 aromatic rings. The van der Waals surface area contributed by atoms with Gasteiger partial charge in [0.05, 0.1) is 17.5 Å². The molecule has 2 fully saturated rings. The number of rotatable bonds is 17. The number of fused-ring (bicyclic) bond motifs is 4. The fourth-order valence-corrected chi connectivity index (χ4v) is 8.12. The summed E-state index contributed by atoms with van der Waals surface area (Å²) < 4.78 is 0. The van der Waals surface area contributed by atoms with E-state index in [-0.39, 0.29) is 24.0 Å². The topological polar surface area (TPSA) is 199 Å². The number of hydrogen-bond donors (Lipinski definition) is 7. The first-order chi connectivity index (χ1) is 24.5. The molecule has 50 heavy (non-hydrogen) atoms. The second kappa shape index (κ2) is 17.3. The van der Waals surface area contributed by atoms with Gasteiger partial charge >= 0.3 is 6.03 Å². The average Bonchev–Trinajstić information content (AvgIpc) is 3.80. The highest BCUT2D eigenvalue weighted by atomic mass is 32.2. The summed E-state index contributed by atoms with van der Waals surface area (Å²) in [6, 6.07) is 16.5. The Morgan fingerprint density at radius 3 is 2.68 bits per heavy atom. The first-order valence-corrected chi connectivity index (χ1v) is 18.4. The van der Waals surface area contributed by atoms with E-state index in [9.17, 15) is 9.59 Å². The fourth-order valence-electron chi connectivity index (χ4n) is 6.57. The molecule has 2 aliphatic rings. The van der Waals surface area contributed by atoms with Gasteiger partial charge in [-0.25, -0.2) is 14.8 Å². The number of urea groups is 1. The number of benzene rings is 2. The molecular formula is C35H46N12O2S. The van der Waals surface area contributed by atoms with E-state index in [1.165, 1.54) is 0 Å². The smallest absolute Gasteiger partial charge is 0.315 e. The van der Waals surface area contributed by atoms with Crippen molar-refractivity contribution in [3.05, 3.63) is 65.5 Å². The molecule has 3 amide bonds. The number of nitrogens with one attached hydrogen (secondary N) is 6. The number of aromatic amines is 1. The van der Waals surface area contributed by atoms with Gasteiger partial charge < -0.3 is 37.4 Å². The molecule has 6 rings (SSSR count). The molecule has 0 spiro atoms. The number of carbonyl (C=O) groups excluding carboxylic acids is 2. The maximum Gasteiger partial charge on any atom is 0.315 e. The highest BCUT2D eigenvalue weighted by Gasteiger charge is 2.42. The molecule has 0 saturated carbocycles. The second-order valence-corrected chi connectivity index (χ2v) is 13.9. The van der Waals surface area contributed by atoms with Gasteiger partial charge in [-0.2, -0.15) is 22.0 Å². The van der Waals surface area contributed by atoms with Crippen LogP contribution in [0.3, 0.4) is 0 Å². The van der Waals surface area contributed by atoms with Crippen molar-refractivity contribution in [2.24, 2.45) is 21.2 Å².